The summed E-state index contributed by atoms with van der Waals surface area (Å²) in [6.45, 7) is 1.32. The molecule has 3 heterocycles. The number of unbranched alkanes of at least 4 members (excludes halogenated alkanes) is 5. The number of hydrogen-bond acceptors (Lipinski definition) is 16. The van der Waals surface area contributed by atoms with E-state index in [1.165, 1.54) is 13.8 Å². The summed E-state index contributed by atoms with van der Waals surface area (Å²) in [4.78, 5) is 22.7. The number of carbonyl (C=O) groups is 2. The molecule has 0 aromatic carbocycles. The van der Waals surface area contributed by atoms with E-state index in [0.29, 0.717) is 12.8 Å². The average molecular weight is 686 g/mol. The maximum atomic E-state index is 12.1. The van der Waals surface area contributed by atoms with Gasteiger partial charge < -0.3 is 79.7 Å². The van der Waals surface area contributed by atoms with Crippen LogP contribution in [0.15, 0.2) is 0 Å². The summed E-state index contributed by atoms with van der Waals surface area (Å²) >= 11 is 0. The van der Waals surface area contributed by atoms with Gasteiger partial charge in [0.15, 0.2) is 18.9 Å². The van der Waals surface area contributed by atoms with Crippen molar-refractivity contribution in [1.82, 2.24) is 5.32 Å². The maximum absolute atomic E-state index is 12.1. The fourth-order valence-corrected chi connectivity index (χ4v) is 5.80. The molecule has 3 saturated heterocycles. The molecule has 0 aromatic rings. The van der Waals surface area contributed by atoms with E-state index in [-0.39, 0.29) is 13.0 Å². The summed E-state index contributed by atoms with van der Waals surface area (Å²) in [5, 5.41) is 94.8. The molecule has 10 N–H and O–H groups in total. The molecule has 15 atom stereocenters. The van der Waals surface area contributed by atoms with Crippen molar-refractivity contribution in [3.8, 4) is 0 Å². The minimum absolute atomic E-state index is 0.128. The highest BCUT2D eigenvalue weighted by atomic mass is 16.8. The Kier molecular flexibility index (Phi) is 16.1. The lowest BCUT2D eigenvalue weighted by Gasteiger charge is -2.49. The van der Waals surface area contributed by atoms with Gasteiger partial charge in [0.25, 0.3) is 0 Å². The van der Waals surface area contributed by atoms with Crippen LogP contribution in [0.1, 0.15) is 58.8 Å². The third kappa shape index (κ3) is 10.7. The van der Waals surface area contributed by atoms with Crippen LogP contribution in [0.2, 0.25) is 0 Å². The summed E-state index contributed by atoms with van der Waals surface area (Å²) in [6, 6.07) is -1.20. The molecular formula is C29H51NO17. The van der Waals surface area contributed by atoms with Crippen molar-refractivity contribution in [1.29, 1.82) is 0 Å². The molecule has 0 aromatic heterocycles. The molecule has 1 amide bonds. The van der Waals surface area contributed by atoms with Crippen LogP contribution in [0.25, 0.3) is 0 Å². The number of aliphatic hydroxyl groups is 8. The number of aliphatic hydroxyl groups excluding tert-OH is 8. The third-order valence-electron chi connectivity index (χ3n) is 8.51. The fourth-order valence-electron chi connectivity index (χ4n) is 5.80. The van der Waals surface area contributed by atoms with Crippen LogP contribution in [-0.2, 0) is 38.0 Å². The van der Waals surface area contributed by atoms with E-state index < -0.39 is 117 Å². The van der Waals surface area contributed by atoms with Crippen LogP contribution in [0, 0.1) is 0 Å². The molecule has 18 heteroatoms. The van der Waals surface area contributed by atoms with Gasteiger partial charge in [-0.25, -0.2) is 0 Å². The van der Waals surface area contributed by atoms with Crippen LogP contribution in [0.5, 0.6) is 0 Å². The van der Waals surface area contributed by atoms with E-state index in [2.05, 4.69) is 5.32 Å². The molecule has 0 radical (unpaired) electrons. The van der Waals surface area contributed by atoms with Gasteiger partial charge >= 0.3 is 5.97 Å². The van der Waals surface area contributed by atoms with Gasteiger partial charge in [-0.15, -0.1) is 0 Å². The topological polar surface area (TPSA) is 284 Å². The SMILES string of the molecule is CC(=O)N[C@H]1[C@H](OCCCCCCCCC(=O)O)O[C@H](CO)[C@@H](O[C@@H]2O[C@H](CO)[C@H](O)[C@H](O)[C@H]2O[C@@H]2O[C@@H](C)[C@@H](O)[C@@H](O)[C@@H]2O)[C@@H]1O. The number of ether oxygens (including phenoxy) is 6. The molecule has 3 fully saturated rings. The predicted molar refractivity (Wildman–Crippen MR) is 155 cm³/mol. The third-order valence-corrected chi connectivity index (χ3v) is 8.51. The number of amides is 1. The zero-order valence-corrected chi connectivity index (χ0v) is 26.5. The molecule has 0 saturated carbocycles. The van der Waals surface area contributed by atoms with Gasteiger partial charge in [-0.2, -0.15) is 0 Å². The van der Waals surface area contributed by atoms with Crippen molar-refractivity contribution < 1.29 is 84.0 Å². The first-order chi connectivity index (χ1) is 22.3. The second kappa shape index (κ2) is 19.0. The fraction of sp³-hybridized carbons (Fsp3) is 0.931. The Balaban J connectivity index is 1.70. The van der Waals surface area contributed by atoms with Gasteiger partial charge in [-0.3, -0.25) is 9.59 Å². The molecule has 0 aliphatic carbocycles. The number of hydrogen-bond donors (Lipinski definition) is 10. The van der Waals surface area contributed by atoms with E-state index in [0.717, 1.165) is 25.7 Å². The minimum atomic E-state index is -1.82. The Morgan fingerprint density at radius 1 is 0.660 bits per heavy atom. The lowest BCUT2D eigenvalue weighted by atomic mass is 9.95. The minimum Gasteiger partial charge on any atom is -0.481 e. The first-order valence-electron chi connectivity index (χ1n) is 16.0. The van der Waals surface area contributed by atoms with E-state index in [1.54, 1.807) is 0 Å². The van der Waals surface area contributed by atoms with Gasteiger partial charge in [0.1, 0.15) is 67.1 Å². The molecule has 3 aliphatic rings. The van der Waals surface area contributed by atoms with Crippen molar-refractivity contribution >= 4 is 11.9 Å². The molecule has 0 bridgehead atoms. The molecule has 274 valence electrons. The Labute approximate surface area is 272 Å². The molecule has 18 nitrogen and oxygen atoms in total. The Morgan fingerprint density at radius 3 is 1.87 bits per heavy atom. The number of rotatable bonds is 17. The van der Waals surface area contributed by atoms with E-state index in [9.17, 15) is 50.4 Å². The Bertz CT molecular complexity index is 962. The van der Waals surface area contributed by atoms with Gasteiger partial charge in [-0.1, -0.05) is 25.7 Å². The average Bonchev–Trinajstić information content (AvgIpc) is 3.03. The van der Waals surface area contributed by atoms with Crippen LogP contribution in [-0.4, -0.2) is 170 Å². The second-order valence-corrected chi connectivity index (χ2v) is 12.2. The lowest BCUT2D eigenvalue weighted by molar-refractivity contribution is -0.382. The number of nitrogens with one attached hydrogen (secondary N) is 1. The molecule has 3 rings (SSSR count). The number of carboxylic acid groups (broad SMARTS) is 1. The van der Waals surface area contributed by atoms with Gasteiger partial charge in [0.05, 0.1) is 19.3 Å². The van der Waals surface area contributed by atoms with Crippen molar-refractivity contribution in [3.63, 3.8) is 0 Å². The predicted octanol–water partition coefficient (Wildman–Crippen LogP) is -3.56. The van der Waals surface area contributed by atoms with Crippen LogP contribution < -0.4 is 5.32 Å². The molecule has 3 aliphatic heterocycles. The van der Waals surface area contributed by atoms with Gasteiger partial charge in [0, 0.05) is 20.0 Å². The van der Waals surface area contributed by atoms with E-state index in [4.69, 9.17) is 33.5 Å². The first kappa shape index (κ1) is 39.8. The largest absolute Gasteiger partial charge is 0.481 e. The van der Waals surface area contributed by atoms with Gasteiger partial charge in [-0.05, 0) is 19.8 Å². The summed E-state index contributed by atoms with van der Waals surface area (Å²) in [5.74, 6) is -1.37. The highest BCUT2D eigenvalue weighted by molar-refractivity contribution is 5.73. The Morgan fingerprint density at radius 2 is 1.26 bits per heavy atom. The maximum Gasteiger partial charge on any atom is 0.303 e. The zero-order chi connectivity index (χ0) is 34.8. The molecular weight excluding hydrogens is 634 g/mol. The zero-order valence-electron chi connectivity index (χ0n) is 26.5. The van der Waals surface area contributed by atoms with Crippen LogP contribution >= 0.6 is 0 Å². The van der Waals surface area contributed by atoms with Crippen molar-refractivity contribution in [2.24, 2.45) is 0 Å². The van der Waals surface area contributed by atoms with E-state index in [1.807, 2.05) is 0 Å². The van der Waals surface area contributed by atoms with Crippen molar-refractivity contribution in [3.05, 3.63) is 0 Å². The van der Waals surface area contributed by atoms with Crippen LogP contribution in [0.3, 0.4) is 0 Å². The number of aliphatic carboxylic acids is 1. The highest BCUT2D eigenvalue weighted by Crippen LogP contribution is 2.33. The standard InChI is InChI=1S/C29H51NO17/c1-13-19(36)22(39)24(41)28(43-13)47-26-23(40)20(37)15(11-31)44-29(26)46-25-16(12-32)45-27(18(21(25)38)30-14(2)33)42-10-8-6-4-3-5-7-9-17(34)35/h13,15-16,18-29,31-32,36-41H,3-12H2,1-2H3,(H,30,33)(H,34,35)/t13-,15+,16+,18+,19+,20-,21+,22+,23-,24-,25+,26+,27+,28-,29-/m0/s1. The summed E-state index contributed by atoms with van der Waals surface area (Å²) in [7, 11) is 0. The van der Waals surface area contributed by atoms with E-state index >= 15 is 0 Å². The summed E-state index contributed by atoms with van der Waals surface area (Å²) < 4.78 is 34.5. The smallest absolute Gasteiger partial charge is 0.303 e. The summed E-state index contributed by atoms with van der Waals surface area (Å²) in [6.07, 6.45) is -16.9. The first-order valence-corrected chi connectivity index (χ1v) is 16.0. The number of carbonyl (C=O) groups excluding carboxylic acids is 1. The van der Waals surface area contributed by atoms with Crippen molar-refractivity contribution in [2.45, 2.75) is 151 Å². The van der Waals surface area contributed by atoms with Gasteiger partial charge in [0.2, 0.25) is 5.91 Å². The normalized spacial score (nSPS) is 41.0. The van der Waals surface area contributed by atoms with Crippen molar-refractivity contribution in [2.75, 3.05) is 19.8 Å². The van der Waals surface area contributed by atoms with Crippen LogP contribution in [0.4, 0.5) is 0 Å². The summed E-state index contributed by atoms with van der Waals surface area (Å²) in [5.41, 5.74) is 0. The molecule has 47 heavy (non-hydrogen) atoms. The molecule has 0 spiro atoms. The molecule has 0 unspecified atom stereocenters. The second-order valence-electron chi connectivity index (χ2n) is 12.2. The quantitative estimate of drug-likeness (QED) is 0.0663. The Hall–Kier alpha value is -1.62. The number of carboxylic acids is 1. The highest BCUT2D eigenvalue weighted by Gasteiger charge is 2.54. The monoisotopic (exact) mass is 685 g/mol. The lowest BCUT2D eigenvalue weighted by Crippen LogP contribution is -2.68.